The van der Waals surface area contributed by atoms with Crippen LogP contribution in [-0.4, -0.2) is 36.3 Å². The van der Waals surface area contributed by atoms with E-state index in [-0.39, 0.29) is 36.5 Å². The maximum Gasteiger partial charge on any atom is 1.00 e. The Hall–Kier alpha value is 0.900. The van der Waals surface area contributed by atoms with Crippen LogP contribution in [0.1, 0.15) is 1.43 Å². The van der Waals surface area contributed by atoms with Crippen molar-refractivity contribution in [3.63, 3.8) is 0 Å². The fraction of sp³-hybridized carbons (Fsp3) is 0. The van der Waals surface area contributed by atoms with Crippen molar-refractivity contribution in [1.82, 2.24) is 0 Å². The van der Waals surface area contributed by atoms with Gasteiger partial charge in [-0.05, 0) is 0 Å². The van der Waals surface area contributed by atoms with Crippen molar-refractivity contribution in [3.05, 3.63) is 0 Å². The van der Waals surface area contributed by atoms with E-state index in [0.717, 1.165) is 0 Å². The average Bonchev–Trinajstić information content (AvgIpc) is 1.19. The van der Waals surface area contributed by atoms with Gasteiger partial charge in [-0.1, -0.05) is 0 Å². The van der Waals surface area contributed by atoms with Crippen LogP contribution in [0.3, 0.4) is 0 Å². The molecule has 8 nitrogen and oxygen atoms in total. The molecule has 0 aliphatic heterocycles. The fourth-order valence-corrected chi connectivity index (χ4v) is 0. The Balaban J connectivity index is -0.0000000221. The Morgan fingerprint density at radius 2 is 1.36 bits per heavy atom. The summed E-state index contributed by atoms with van der Waals surface area (Å²) in [5.74, 6) is 0. The number of hydrogen-bond donors (Lipinski definition) is 3. The molecule has 0 heterocycles. The van der Waals surface area contributed by atoms with Gasteiger partial charge < -0.3 is 16.0 Å². The van der Waals surface area contributed by atoms with Crippen LogP contribution >= 0.6 is 0 Å². The van der Waals surface area contributed by atoms with E-state index in [4.69, 9.17) is 30.8 Å². The molecule has 0 spiro atoms. The Bertz CT molecular complexity index is 159. The molecule has 1 unspecified atom stereocenters. The first-order valence-corrected chi connectivity index (χ1v) is 3.64. The summed E-state index contributed by atoms with van der Waals surface area (Å²) >= 11 is -2.86. The molecular weight excluding hydrogens is 215 g/mol. The second-order valence-corrected chi connectivity index (χ2v) is 1.99. The van der Waals surface area contributed by atoms with Gasteiger partial charge >= 0.3 is 40.0 Å². The Kier molecular flexibility index (Phi) is 22.4. The van der Waals surface area contributed by atoms with Gasteiger partial charge in [-0.2, -0.15) is 8.42 Å². The Morgan fingerprint density at radius 1 is 1.36 bits per heavy atom. The fourth-order valence-electron chi connectivity index (χ4n) is 0. The van der Waals surface area contributed by atoms with Gasteiger partial charge in [-0.3, -0.25) is 9.11 Å². The van der Waals surface area contributed by atoms with Gasteiger partial charge in [-0.25, -0.2) is 4.21 Å². The molecule has 0 aromatic carbocycles. The quantitative estimate of drug-likeness (QED) is 0.209. The van der Waals surface area contributed by atoms with E-state index < -0.39 is 21.8 Å². The van der Waals surface area contributed by atoms with Gasteiger partial charge in [0.1, 0.15) is 0 Å². The molecule has 0 saturated carbocycles. The zero-order chi connectivity index (χ0) is 8.08. The molecule has 5 N–H and O–H groups in total. The molecule has 11 heavy (non-hydrogen) atoms. The number of rotatable bonds is 0. The molecule has 1 atom stereocenters. The smallest absolute Gasteiger partial charge is 1.00 e. The standard InChI is InChI=1S/Na.H2O4S.H2O3S.H2O.H/c;1-5(2,3)4;1-4(2)3;;/h;(H2,1,2,3,4);(H2,1,2,3);1H2;/q+1;;;;-1/p-1. The molecule has 0 aliphatic rings. The summed E-state index contributed by atoms with van der Waals surface area (Å²) < 4.78 is 55.7. The largest absolute Gasteiger partial charge is 1.00 e. The van der Waals surface area contributed by atoms with E-state index in [1.807, 2.05) is 0 Å². The van der Waals surface area contributed by atoms with E-state index in [2.05, 4.69) is 0 Å². The summed E-state index contributed by atoms with van der Waals surface area (Å²) in [5.41, 5.74) is 0. The first-order chi connectivity index (χ1) is 3.73. The molecule has 68 valence electrons. The van der Waals surface area contributed by atoms with Crippen LogP contribution < -0.4 is 29.6 Å². The Morgan fingerprint density at radius 3 is 1.36 bits per heavy atom. The second-order valence-electron chi connectivity index (χ2n) is 0.665. The van der Waals surface area contributed by atoms with Gasteiger partial charge in [0, 0.05) is 0 Å². The third-order valence-corrected chi connectivity index (χ3v) is 0. The third-order valence-electron chi connectivity index (χ3n) is 0. The first-order valence-electron chi connectivity index (χ1n) is 1.21. The Labute approximate surface area is 88.8 Å². The molecular formula is H6NaO8S2-. The van der Waals surface area contributed by atoms with E-state index in [9.17, 15) is 0 Å². The molecule has 0 amide bonds. The molecule has 0 fully saturated rings. The topological polar surface area (TPSA) is 166 Å². The van der Waals surface area contributed by atoms with E-state index >= 15 is 0 Å². The minimum absolute atomic E-state index is 0. The summed E-state index contributed by atoms with van der Waals surface area (Å²) in [6.45, 7) is 0. The van der Waals surface area contributed by atoms with E-state index in [1.165, 1.54) is 0 Å². The van der Waals surface area contributed by atoms with Crippen LogP contribution in [-0.2, 0) is 21.8 Å². The van der Waals surface area contributed by atoms with Crippen molar-refractivity contribution in [1.29, 1.82) is 0 Å². The van der Waals surface area contributed by atoms with Crippen molar-refractivity contribution in [3.8, 4) is 0 Å². The maximum atomic E-state index is 8.74. The van der Waals surface area contributed by atoms with Crippen molar-refractivity contribution >= 4 is 21.8 Å². The van der Waals surface area contributed by atoms with Gasteiger partial charge in [0.25, 0.3) is 0 Å². The number of hydrogen-bond acceptors (Lipinski definition) is 4. The zero-order valence-electron chi connectivity index (χ0n) is 6.29. The molecule has 0 saturated heterocycles. The normalized spacial score (nSPS) is 10.9. The van der Waals surface area contributed by atoms with Crippen LogP contribution in [0.25, 0.3) is 0 Å². The summed E-state index contributed by atoms with van der Waals surface area (Å²) in [6, 6.07) is 0. The zero-order valence-corrected chi connectivity index (χ0v) is 8.92. The van der Waals surface area contributed by atoms with Crippen molar-refractivity contribution < 1.29 is 67.3 Å². The maximum absolute atomic E-state index is 8.74. The molecule has 0 rings (SSSR count). The van der Waals surface area contributed by atoms with Crippen molar-refractivity contribution in [2.45, 2.75) is 0 Å². The monoisotopic (exact) mass is 221 g/mol. The average molecular weight is 221 g/mol. The van der Waals surface area contributed by atoms with Crippen molar-refractivity contribution in [2.75, 3.05) is 0 Å². The molecule has 0 aromatic rings. The van der Waals surface area contributed by atoms with Crippen LogP contribution in [0, 0.1) is 0 Å². The van der Waals surface area contributed by atoms with Crippen molar-refractivity contribution in [2.24, 2.45) is 0 Å². The van der Waals surface area contributed by atoms with Gasteiger partial charge in [0.15, 0.2) is 0 Å². The van der Waals surface area contributed by atoms with Crippen LogP contribution in [0.4, 0.5) is 0 Å². The van der Waals surface area contributed by atoms with Gasteiger partial charge in [0.05, 0.1) is 11.4 Å². The summed E-state index contributed by atoms with van der Waals surface area (Å²) in [7, 11) is -4.67. The third kappa shape index (κ3) is 1070. The minimum Gasteiger partial charge on any atom is -1.00 e. The molecule has 0 radical (unpaired) electrons. The van der Waals surface area contributed by atoms with Crippen LogP contribution in [0.5, 0.6) is 0 Å². The summed E-state index contributed by atoms with van der Waals surface area (Å²) in [4.78, 5) is 0. The second kappa shape index (κ2) is 10.9. The van der Waals surface area contributed by atoms with Crippen LogP contribution in [0.15, 0.2) is 0 Å². The van der Waals surface area contributed by atoms with E-state index in [0.29, 0.717) is 0 Å². The molecule has 0 aromatic heterocycles. The minimum atomic E-state index is -4.67. The van der Waals surface area contributed by atoms with E-state index in [1.54, 1.807) is 0 Å². The summed E-state index contributed by atoms with van der Waals surface area (Å²) in [6.07, 6.45) is 0. The molecule has 11 heteroatoms. The molecule has 0 bridgehead atoms. The molecule has 0 aliphatic carbocycles. The predicted molar refractivity (Wildman–Crippen MR) is 30.5 cm³/mol. The summed E-state index contributed by atoms with van der Waals surface area (Å²) in [5, 5.41) is 0. The first kappa shape index (κ1) is 22.7. The van der Waals surface area contributed by atoms with Crippen LogP contribution in [0.2, 0.25) is 0 Å². The SMILES string of the molecule is O.O=S(=O)(O)O.O=S([O-])O.[H-].[Na+]. The van der Waals surface area contributed by atoms with Gasteiger partial charge in [0.2, 0.25) is 0 Å². The predicted octanol–water partition coefficient (Wildman–Crippen LogP) is -5.02. The van der Waals surface area contributed by atoms with Gasteiger partial charge in [-0.15, -0.1) is 0 Å².